The van der Waals surface area contributed by atoms with Crippen molar-refractivity contribution in [1.29, 1.82) is 5.26 Å². The highest BCUT2D eigenvalue weighted by atomic mass is 16.5. The van der Waals surface area contributed by atoms with Gasteiger partial charge in [-0.15, -0.1) is 0 Å². The number of rotatable bonds is 1. The van der Waals surface area contributed by atoms with Crippen LogP contribution in [0.2, 0.25) is 0 Å². The molecule has 2 fully saturated rings. The third-order valence-corrected chi connectivity index (χ3v) is 3.43. The van der Waals surface area contributed by atoms with Crippen LogP contribution in [0.15, 0.2) is 0 Å². The zero-order valence-electron chi connectivity index (χ0n) is 7.75. The lowest BCUT2D eigenvalue weighted by Crippen LogP contribution is -2.49. The molecule has 0 radical (unpaired) electrons. The SMILES string of the molecule is COC(=O)C1CC2(CC(C#N)C2)C1. The Morgan fingerprint density at radius 1 is 1.46 bits per heavy atom. The van der Waals surface area contributed by atoms with E-state index in [2.05, 4.69) is 10.8 Å². The van der Waals surface area contributed by atoms with Crippen LogP contribution >= 0.6 is 0 Å². The molecule has 0 saturated heterocycles. The van der Waals surface area contributed by atoms with E-state index in [1.165, 1.54) is 7.11 Å². The lowest BCUT2D eigenvalue weighted by molar-refractivity contribution is -0.159. The van der Waals surface area contributed by atoms with E-state index in [-0.39, 0.29) is 17.8 Å². The van der Waals surface area contributed by atoms with Crippen molar-refractivity contribution < 1.29 is 9.53 Å². The molecule has 2 saturated carbocycles. The molecule has 1 spiro atoms. The Morgan fingerprint density at radius 2 is 2.08 bits per heavy atom. The van der Waals surface area contributed by atoms with Gasteiger partial charge in [0.1, 0.15) is 0 Å². The van der Waals surface area contributed by atoms with Gasteiger partial charge in [-0.1, -0.05) is 0 Å². The van der Waals surface area contributed by atoms with E-state index in [1.54, 1.807) is 0 Å². The minimum atomic E-state index is -0.0777. The molecule has 2 aliphatic rings. The first kappa shape index (κ1) is 8.55. The normalized spacial score (nSPS) is 41.5. The molecule has 0 aromatic rings. The predicted molar refractivity (Wildman–Crippen MR) is 45.5 cm³/mol. The number of ether oxygens (including phenoxy) is 1. The molecule has 0 amide bonds. The molecule has 3 nitrogen and oxygen atoms in total. The zero-order valence-corrected chi connectivity index (χ0v) is 7.75. The quantitative estimate of drug-likeness (QED) is 0.573. The summed E-state index contributed by atoms with van der Waals surface area (Å²) in [5.41, 5.74) is 0.346. The van der Waals surface area contributed by atoms with Gasteiger partial charge in [-0.05, 0) is 31.1 Å². The summed E-state index contributed by atoms with van der Waals surface area (Å²) >= 11 is 0. The minimum Gasteiger partial charge on any atom is -0.469 e. The van der Waals surface area contributed by atoms with Crippen LogP contribution in [0, 0.1) is 28.6 Å². The van der Waals surface area contributed by atoms with E-state index in [9.17, 15) is 4.79 Å². The number of esters is 1. The number of carbonyl (C=O) groups is 1. The lowest BCUT2D eigenvalue weighted by Gasteiger charge is -2.55. The molecule has 0 atom stereocenters. The molecule has 13 heavy (non-hydrogen) atoms. The first-order valence-electron chi connectivity index (χ1n) is 4.66. The molecule has 0 aromatic heterocycles. The summed E-state index contributed by atoms with van der Waals surface area (Å²) in [7, 11) is 1.44. The van der Waals surface area contributed by atoms with Crippen LogP contribution in [0.25, 0.3) is 0 Å². The van der Waals surface area contributed by atoms with Gasteiger partial charge < -0.3 is 4.74 Å². The standard InChI is InChI=1S/C10H13NO2/c1-13-9(12)8-4-10(5-8)2-7(3-10)6-11/h7-8H,2-5H2,1H3. The Labute approximate surface area is 77.7 Å². The van der Waals surface area contributed by atoms with E-state index in [1.807, 2.05) is 0 Å². The van der Waals surface area contributed by atoms with E-state index in [0.717, 1.165) is 25.7 Å². The van der Waals surface area contributed by atoms with E-state index < -0.39 is 0 Å². The topological polar surface area (TPSA) is 50.1 Å². The van der Waals surface area contributed by atoms with Crippen molar-refractivity contribution in [2.24, 2.45) is 17.3 Å². The zero-order chi connectivity index (χ0) is 9.47. The van der Waals surface area contributed by atoms with Gasteiger partial charge in [0.05, 0.1) is 19.1 Å². The van der Waals surface area contributed by atoms with Crippen LogP contribution < -0.4 is 0 Å². The van der Waals surface area contributed by atoms with Crippen molar-refractivity contribution in [3.05, 3.63) is 0 Å². The molecule has 0 bridgehead atoms. The van der Waals surface area contributed by atoms with Gasteiger partial charge in [0.2, 0.25) is 0 Å². The second kappa shape index (κ2) is 2.73. The lowest BCUT2D eigenvalue weighted by atomic mass is 9.48. The highest BCUT2D eigenvalue weighted by Crippen LogP contribution is 2.61. The number of nitriles is 1. The van der Waals surface area contributed by atoms with Crippen molar-refractivity contribution in [2.45, 2.75) is 25.7 Å². The Kier molecular flexibility index (Phi) is 1.80. The van der Waals surface area contributed by atoms with Crippen molar-refractivity contribution in [1.82, 2.24) is 0 Å². The van der Waals surface area contributed by atoms with Gasteiger partial charge in [0.15, 0.2) is 0 Å². The molecule has 0 aromatic carbocycles. The summed E-state index contributed by atoms with van der Waals surface area (Å²) in [6.07, 6.45) is 3.88. The molecule has 0 aliphatic heterocycles. The van der Waals surface area contributed by atoms with Crippen LogP contribution in [0.5, 0.6) is 0 Å². The molecular formula is C10H13NO2. The second-order valence-electron chi connectivity index (χ2n) is 4.36. The van der Waals surface area contributed by atoms with Crippen molar-refractivity contribution in [2.75, 3.05) is 7.11 Å². The average Bonchev–Trinajstić information content (AvgIpc) is 1.99. The summed E-state index contributed by atoms with van der Waals surface area (Å²) < 4.78 is 4.67. The maximum atomic E-state index is 11.1. The molecular weight excluding hydrogens is 166 g/mol. The van der Waals surface area contributed by atoms with E-state index in [0.29, 0.717) is 5.41 Å². The Bertz CT molecular complexity index is 265. The van der Waals surface area contributed by atoms with Gasteiger partial charge in [-0.2, -0.15) is 5.26 Å². The summed E-state index contributed by atoms with van der Waals surface area (Å²) in [6, 6.07) is 2.27. The first-order chi connectivity index (χ1) is 6.19. The van der Waals surface area contributed by atoms with Crippen molar-refractivity contribution in [3.8, 4) is 6.07 Å². The van der Waals surface area contributed by atoms with Crippen molar-refractivity contribution >= 4 is 5.97 Å². The molecule has 0 unspecified atom stereocenters. The highest BCUT2D eigenvalue weighted by Gasteiger charge is 2.55. The maximum Gasteiger partial charge on any atom is 0.308 e. The van der Waals surface area contributed by atoms with Crippen LogP contribution in [-0.4, -0.2) is 13.1 Å². The first-order valence-corrected chi connectivity index (χ1v) is 4.66. The highest BCUT2D eigenvalue weighted by molar-refractivity contribution is 5.73. The number of nitrogens with zero attached hydrogens (tertiary/aromatic N) is 1. The number of methoxy groups -OCH3 is 1. The smallest absolute Gasteiger partial charge is 0.308 e. The molecule has 2 aliphatic carbocycles. The van der Waals surface area contributed by atoms with Gasteiger partial charge in [-0.25, -0.2) is 0 Å². The number of carbonyl (C=O) groups excluding carboxylic acids is 1. The Morgan fingerprint density at radius 3 is 2.54 bits per heavy atom. The fraction of sp³-hybridized carbons (Fsp3) is 0.800. The predicted octanol–water partition coefficient (Wildman–Crippen LogP) is 1.49. The molecule has 0 heterocycles. The second-order valence-corrected chi connectivity index (χ2v) is 4.36. The molecule has 2 rings (SSSR count). The van der Waals surface area contributed by atoms with Crippen LogP contribution in [0.1, 0.15) is 25.7 Å². The van der Waals surface area contributed by atoms with Crippen LogP contribution in [-0.2, 0) is 9.53 Å². The van der Waals surface area contributed by atoms with Crippen LogP contribution in [0.3, 0.4) is 0 Å². The number of hydrogen-bond donors (Lipinski definition) is 0. The van der Waals surface area contributed by atoms with Crippen molar-refractivity contribution in [3.63, 3.8) is 0 Å². The van der Waals surface area contributed by atoms with Crippen LogP contribution in [0.4, 0.5) is 0 Å². The third kappa shape index (κ3) is 1.21. The Hall–Kier alpha value is -1.04. The summed E-state index contributed by atoms with van der Waals surface area (Å²) in [5.74, 6) is 0.286. The Balaban J connectivity index is 1.80. The maximum absolute atomic E-state index is 11.1. The summed E-state index contributed by atoms with van der Waals surface area (Å²) in [5, 5.41) is 8.62. The van der Waals surface area contributed by atoms with E-state index >= 15 is 0 Å². The van der Waals surface area contributed by atoms with Gasteiger partial charge >= 0.3 is 5.97 Å². The average molecular weight is 179 g/mol. The molecule has 3 heteroatoms. The molecule has 0 N–H and O–H groups in total. The van der Waals surface area contributed by atoms with Gasteiger partial charge in [0.25, 0.3) is 0 Å². The van der Waals surface area contributed by atoms with Gasteiger partial charge in [-0.3, -0.25) is 4.79 Å². The summed E-state index contributed by atoms with van der Waals surface area (Å²) in [4.78, 5) is 11.1. The van der Waals surface area contributed by atoms with Gasteiger partial charge in [0, 0.05) is 5.92 Å². The fourth-order valence-corrected chi connectivity index (χ4v) is 2.73. The largest absolute Gasteiger partial charge is 0.469 e. The molecule has 70 valence electrons. The minimum absolute atomic E-state index is 0.0777. The number of hydrogen-bond acceptors (Lipinski definition) is 3. The third-order valence-electron chi connectivity index (χ3n) is 3.43. The fourth-order valence-electron chi connectivity index (χ4n) is 2.73. The summed E-state index contributed by atoms with van der Waals surface area (Å²) in [6.45, 7) is 0. The van der Waals surface area contributed by atoms with E-state index in [4.69, 9.17) is 5.26 Å². The monoisotopic (exact) mass is 179 g/mol.